The molecule has 0 saturated carbocycles. The van der Waals surface area contributed by atoms with Crippen LogP contribution in [0.25, 0.3) is 22.2 Å². The second-order valence-electron chi connectivity index (χ2n) is 6.73. The highest BCUT2D eigenvalue weighted by atomic mass is 16.2. The molecule has 2 aromatic heterocycles. The molecule has 138 valence electrons. The van der Waals surface area contributed by atoms with Gasteiger partial charge < -0.3 is 15.5 Å². The second-order valence-corrected chi connectivity index (χ2v) is 6.73. The number of hydrogen-bond donors (Lipinski definition) is 2. The third-order valence-corrected chi connectivity index (χ3v) is 4.85. The molecule has 0 bridgehead atoms. The van der Waals surface area contributed by atoms with Crippen molar-refractivity contribution in [2.24, 2.45) is 0 Å². The van der Waals surface area contributed by atoms with Crippen LogP contribution in [0.15, 0.2) is 36.7 Å². The number of aromatic nitrogens is 3. The zero-order chi connectivity index (χ0) is 18.8. The summed E-state index contributed by atoms with van der Waals surface area (Å²) in [7, 11) is 1.78. The quantitative estimate of drug-likeness (QED) is 0.743. The molecule has 0 spiro atoms. The predicted octanol–water partition coefficient (Wildman–Crippen LogP) is 3.67. The molecule has 27 heavy (non-hydrogen) atoms. The van der Waals surface area contributed by atoms with E-state index in [0.29, 0.717) is 11.6 Å². The molecule has 0 unspecified atom stereocenters. The molecule has 1 aliphatic heterocycles. The average Bonchev–Trinajstić information content (AvgIpc) is 3.23. The molecular formula is C20H22N6O. The van der Waals surface area contributed by atoms with Gasteiger partial charge in [-0.2, -0.15) is 4.98 Å². The highest BCUT2D eigenvalue weighted by molar-refractivity contribution is 5.91. The van der Waals surface area contributed by atoms with Crippen molar-refractivity contribution in [3.63, 3.8) is 0 Å². The Kier molecular flexibility index (Phi) is 4.58. The van der Waals surface area contributed by atoms with E-state index in [1.54, 1.807) is 13.2 Å². The molecule has 0 aliphatic carbocycles. The van der Waals surface area contributed by atoms with Gasteiger partial charge in [-0.3, -0.25) is 0 Å². The molecule has 1 aliphatic rings. The van der Waals surface area contributed by atoms with Crippen LogP contribution < -0.4 is 10.6 Å². The van der Waals surface area contributed by atoms with Crippen LogP contribution in [0, 0.1) is 6.92 Å². The zero-order valence-electron chi connectivity index (χ0n) is 15.5. The Morgan fingerprint density at radius 3 is 2.70 bits per heavy atom. The minimum atomic E-state index is -0.0352. The van der Waals surface area contributed by atoms with Gasteiger partial charge in [0.25, 0.3) is 0 Å². The maximum absolute atomic E-state index is 12.4. The third-order valence-electron chi connectivity index (χ3n) is 4.85. The molecular weight excluding hydrogens is 340 g/mol. The number of nitrogens with zero attached hydrogens (tertiary/aromatic N) is 4. The number of hydrogen-bond acceptors (Lipinski definition) is 5. The number of anilines is 2. The van der Waals surface area contributed by atoms with E-state index in [0.717, 1.165) is 53.7 Å². The summed E-state index contributed by atoms with van der Waals surface area (Å²) in [5, 5.41) is 6.80. The summed E-state index contributed by atoms with van der Waals surface area (Å²) in [6.45, 7) is 3.70. The fourth-order valence-electron chi connectivity index (χ4n) is 3.32. The molecule has 7 nitrogen and oxygen atoms in total. The van der Waals surface area contributed by atoms with E-state index in [-0.39, 0.29) is 6.03 Å². The van der Waals surface area contributed by atoms with Gasteiger partial charge in [-0.15, -0.1) is 0 Å². The minimum Gasteiger partial charge on any atom is -0.357 e. The summed E-state index contributed by atoms with van der Waals surface area (Å²) in [6, 6.07) is 7.93. The van der Waals surface area contributed by atoms with Crippen LogP contribution in [0.4, 0.5) is 16.4 Å². The number of amides is 2. The maximum atomic E-state index is 12.4. The van der Waals surface area contributed by atoms with E-state index >= 15 is 0 Å². The van der Waals surface area contributed by atoms with Crippen molar-refractivity contribution in [3.8, 4) is 11.1 Å². The lowest BCUT2D eigenvalue weighted by molar-refractivity contribution is 0.222. The molecule has 4 rings (SSSR count). The lowest BCUT2D eigenvalue weighted by atomic mass is 10.0. The fraction of sp³-hybridized carbons (Fsp3) is 0.300. The first-order chi connectivity index (χ1) is 13.1. The van der Waals surface area contributed by atoms with E-state index in [2.05, 4.69) is 25.6 Å². The lowest BCUT2D eigenvalue weighted by Gasteiger charge is -2.17. The number of carbonyl (C=O) groups excluding carboxylic acids is 1. The summed E-state index contributed by atoms with van der Waals surface area (Å²) in [4.78, 5) is 27.3. The number of carbonyl (C=O) groups is 1. The first kappa shape index (κ1) is 17.2. The van der Waals surface area contributed by atoms with Crippen LogP contribution in [0.3, 0.4) is 0 Å². The van der Waals surface area contributed by atoms with Crippen LogP contribution in [0.2, 0.25) is 0 Å². The van der Waals surface area contributed by atoms with Gasteiger partial charge in [-0.05, 0) is 49.1 Å². The molecule has 0 atom stereocenters. The summed E-state index contributed by atoms with van der Waals surface area (Å²) < 4.78 is 0. The Labute approximate surface area is 157 Å². The van der Waals surface area contributed by atoms with Gasteiger partial charge in [0.05, 0.1) is 0 Å². The molecule has 2 N–H and O–H groups in total. The molecule has 3 aromatic rings. The lowest BCUT2D eigenvalue weighted by Crippen LogP contribution is -2.32. The van der Waals surface area contributed by atoms with E-state index in [1.165, 1.54) is 0 Å². The van der Waals surface area contributed by atoms with E-state index in [1.807, 2.05) is 42.3 Å². The Balaban J connectivity index is 1.64. The number of aryl methyl sites for hydroxylation is 1. The van der Waals surface area contributed by atoms with Crippen LogP contribution in [0.5, 0.6) is 0 Å². The maximum Gasteiger partial charge on any atom is 0.321 e. The van der Waals surface area contributed by atoms with E-state index in [9.17, 15) is 4.79 Å². The van der Waals surface area contributed by atoms with Crippen molar-refractivity contribution in [1.29, 1.82) is 0 Å². The molecule has 1 aromatic carbocycles. The molecule has 3 heterocycles. The van der Waals surface area contributed by atoms with Crippen molar-refractivity contribution < 1.29 is 4.79 Å². The van der Waals surface area contributed by atoms with Crippen molar-refractivity contribution in [2.75, 3.05) is 30.8 Å². The van der Waals surface area contributed by atoms with Gasteiger partial charge in [-0.25, -0.2) is 14.8 Å². The van der Waals surface area contributed by atoms with Gasteiger partial charge >= 0.3 is 6.03 Å². The van der Waals surface area contributed by atoms with Crippen LogP contribution in [-0.4, -0.2) is 46.0 Å². The number of likely N-dealkylation sites (tertiary alicyclic amines) is 1. The molecule has 2 amide bonds. The molecule has 7 heteroatoms. The number of urea groups is 1. The SMILES string of the molecule is CNc1ncc2cc(-c3cc(NC(=O)N4CCCC4)ccc3C)cnc2n1. The predicted molar refractivity (Wildman–Crippen MR) is 107 cm³/mol. The van der Waals surface area contributed by atoms with Gasteiger partial charge in [0, 0.05) is 49.2 Å². The fourth-order valence-corrected chi connectivity index (χ4v) is 3.32. The van der Waals surface area contributed by atoms with E-state index in [4.69, 9.17) is 0 Å². The van der Waals surface area contributed by atoms with Crippen molar-refractivity contribution in [1.82, 2.24) is 19.9 Å². The van der Waals surface area contributed by atoms with Crippen LogP contribution in [0.1, 0.15) is 18.4 Å². The van der Waals surface area contributed by atoms with Crippen LogP contribution >= 0.6 is 0 Å². The number of pyridine rings is 1. The third kappa shape index (κ3) is 3.53. The number of nitrogens with one attached hydrogen (secondary N) is 2. The summed E-state index contributed by atoms with van der Waals surface area (Å²) >= 11 is 0. The number of rotatable bonds is 3. The molecule has 1 saturated heterocycles. The Morgan fingerprint density at radius 2 is 1.93 bits per heavy atom. The number of benzene rings is 1. The average molecular weight is 362 g/mol. The summed E-state index contributed by atoms with van der Waals surface area (Å²) in [5.41, 5.74) is 4.55. The Hall–Kier alpha value is -3.22. The first-order valence-corrected chi connectivity index (χ1v) is 9.11. The van der Waals surface area contributed by atoms with Crippen LogP contribution in [-0.2, 0) is 0 Å². The Morgan fingerprint density at radius 1 is 1.11 bits per heavy atom. The standard InChI is InChI=1S/C20H22N6O/c1-13-5-6-16(24-20(27)26-7-3-4-8-26)10-17(13)14-9-15-12-23-19(21-2)25-18(15)22-11-14/h5-6,9-12H,3-4,7-8H2,1-2H3,(H,24,27)(H,21,22,23,25). The van der Waals surface area contributed by atoms with Gasteiger partial charge in [0.15, 0.2) is 5.65 Å². The monoisotopic (exact) mass is 362 g/mol. The van der Waals surface area contributed by atoms with Gasteiger partial charge in [0.2, 0.25) is 5.95 Å². The summed E-state index contributed by atoms with van der Waals surface area (Å²) in [6.07, 6.45) is 5.72. The molecule has 0 radical (unpaired) electrons. The van der Waals surface area contributed by atoms with Gasteiger partial charge in [-0.1, -0.05) is 6.07 Å². The largest absolute Gasteiger partial charge is 0.357 e. The minimum absolute atomic E-state index is 0.0352. The van der Waals surface area contributed by atoms with Crippen molar-refractivity contribution in [2.45, 2.75) is 19.8 Å². The highest BCUT2D eigenvalue weighted by Gasteiger charge is 2.18. The summed E-state index contributed by atoms with van der Waals surface area (Å²) in [5.74, 6) is 0.547. The number of fused-ring (bicyclic) bond motifs is 1. The van der Waals surface area contributed by atoms with Crippen molar-refractivity contribution >= 4 is 28.7 Å². The highest BCUT2D eigenvalue weighted by Crippen LogP contribution is 2.28. The normalized spacial score (nSPS) is 13.8. The smallest absolute Gasteiger partial charge is 0.321 e. The van der Waals surface area contributed by atoms with E-state index < -0.39 is 0 Å². The molecule has 1 fully saturated rings. The van der Waals surface area contributed by atoms with Gasteiger partial charge in [0.1, 0.15) is 0 Å². The Bertz CT molecular complexity index is 997. The van der Waals surface area contributed by atoms with Crippen molar-refractivity contribution in [3.05, 3.63) is 42.2 Å². The second kappa shape index (κ2) is 7.19. The first-order valence-electron chi connectivity index (χ1n) is 9.11. The zero-order valence-corrected chi connectivity index (χ0v) is 15.5. The topological polar surface area (TPSA) is 83.0 Å².